The van der Waals surface area contributed by atoms with Gasteiger partial charge in [0, 0.05) is 0 Å². The smallest absolute Gasteiger partial charge is 0.434 e. The summed E-state index contributed by atoms with van der Waals surface area (Å²) in [6.45, 7) is 5.33. The standard InChI is InChI=1S/C13H19ClN4O6/c1-13(2,3)23-8-9(24-12(20)16-10(19)6-14)7-17-5-4-15-11(17)18(21)22/h4-5,9H,6-8H2,1-3H3,(H,16,19,20)/t9-/m0/s1. The summed E-state index contributed by atoms with van der Waals surface area (Å²) in [5.74, 6) is -1.51. The molecule has 2 amide bonds. The number of carbonyl (C=O) groups excluding carboxylic acids is 2. The van der Waals surface area contributed by atoms with Crippen molar-refractivity contribution in [1.29, 1.82) is 0 Å². The number of imidazole rings is 1. The van der Waals surface area contributed by atoms with E-state index in [1.807, 2.05) is 5.32 Å². The van der Waals surface area contributed by atoms with Crippen LogP contribution in [0.1, 0.15) is 20.8 Å². The second-order valence-electron chi connectivity index (χ2n) is 5.77. The Labute approximate surface area is 143 Å². The molecule has 11 heteroatoms. The van der Waals surface area contributed by atoms with Gasteiger partial charge in [0.25, 0.3) is 0 Å². The van der Waals surface area contributed by atoms with E-state index in [1.165, 1.54) is 17.0 Å². The molecule has 1 atom stereocenters. The molecule has 0 unspecified atom stereocenters. The molecule has 134 valence electrons. The molecule has 1 N–H and O–H groups in total. The van der Waals surface area contributed by atoms with Gasteiger partial charge in [-0.05, 0) is 25.7 Å². The highest BCUT2D eigenvalue weighted by molar-refractivity contribution is 6.28. The third-order valence-electron chi connectivity index (χ3n) is 2.60. The summed E-state index contributed by atoms with van der Waals surface area (Å²) in [4.78, 5) is 36.6. The predicted octanol–water partition coefficient (Wildman–Crippen LogP) is 1.47. The Morgan fingerprint density at radius 1 is 1.50 bits per heavy atom. The predicted molar refractivity (Wildman–Crippen MR) is 83.7 cm³/mol. The minimum Gasteiger partial charge on any atom is -0.440 e. The number of hydrogen-bond acceptors (Lipinski definition) is 7. The van der Waals surface area contributed by atoms with Crippen LogP contribution in [-0.2, 0) is 20.8 Å². The fourth-order valence-electron chi connectivity index (χ4n) is 1.63. The maximum atomic E-state index is 11.7. The van der Waals surface area contributed by atoms with Crippen LogP contribution in [0.3, 0.4) is 0 Å². The summed E-state index contributed by atoms with van der Waals surface area (Å²) in [6, 6.07) is 0. The number of rotatable bonds is 7. The average molecular weight is 363 g/mol. The first-order valence-corrected chi connectivity index (χ1v) is 7.51. The summed E-state index contributed by atoms with van der Waals surface area (Å²) < 4.78 is 11.9. The molecule has 1 heterocycles. The topological polar surface area (TPSA) is 126 Å². The maximum absolute atomic E-state index is 11.7. The lowest BCUT2D eigenvalue weighted by Crippen LogP contribution is -2.38. The quantitative estimate of drug-likeness (QED) is 0.442. The largest absolute Gasteiger partial charge is 0.440 e. The van der Waals surface area contributed by atoms with E-state index in [2.05, 4.69) is 4.98 Å². The summed E-state index contributed by atoms with van der Waals surface area (Å²) in [5.41, 5.74) is -0.509. The molecule has 1 aromatic heterocycles. The van der Waals surface area contributed by atoms with Crippen LogP contribution in [0.2, 0.25) is 0 Å². The van der Waals surface area contributed by atoms with Gasteiger partial charge in [0.15, 0.2) is 6.10 Å². The molecule has 0 spiro atoms. The van der Waals surface area contributed by atoms with Crippen molar-refractivity contribution in [3.63, 3.8) is 0 Å². The normalized spacial score (nSPS) is 12.5. The molecular weight excluding hydrogens is 344 g/mol. The van der Waals surface area contributed by atoms with Crippen molar-refractivity contribution in [3.05, 3.63) is 22.5 Å². The number of halogens is 1. The summed E-state index contributed by atoms with van der Waals surface area (Å²) in [5, 5.41) is 12.8. The van der Waals surface area contributed by atoms with Crippen LogP contribution >= 0.6 is 11.6 Å². The van der Waals surface area contributed by atoms with Crippen LogP contribution in [-0.4, -0.2) is 50.7 Å². The zero-order chi connectivity index (χ0) is 18.3. The van der Waals surface area contributed by atoms with E-state index in [1.54, 1.807) is 20.8 Å². The first kappa shape index (κ1) is 19.8. The number of alkyl halides is 1. The van der Waals surface area contributed by atoms with E-state index in [0.717, 1.165) is 0 Å². The molecule has 1 aromatic rings. The third-order valence-corrected chi connectivity index (χ3v) is 2.84. The van der Waals surface area contributed by atoms with Gasteiger partial charge < -0.3 is 19.6 Å². The van der Waals surface area contributed by atoms with E-state index in [0.29, 0.717) is 0 Å². The lowest BCUT2D eigenvalue weighted by atomic mass is 10.2. The van der Waals surface area contributed by atoms with Crippen molar-refractivity contribution in [3.8, 4) is 0 Å². The van der Waals surface area contributed by atoms with Gasteiger partial charge in [-0.25, -0.2) is 9.36 Å². The second kappa shape index (κ2) is 8.60. The number of alkyl carbamates (subject to hydrolysis) is 1. The highest BCUT2D eigenvalue weighted by atomic mass is 35.5. The van der Waals surface area contributed by atoms with E-state index < -0.39 is 40.5 Å². The fraction of sp³-hybridized carbons (Fsp3) is 0.615. The van der Waals surface area contributed by atoms with Gasteiger partial charge in [0.05, 0.1) is 12.2 Å². The highest BCUT2D eigenvalue weighted by Crippen LogP contribution is 2.13. The number of nitrogens with zero attached hydrogens (tertiary/aromatic N) is 3. The monoisotopic (exact) mass is 362 g/mol. The fourth-order valence-corrected chi connectivity index (χ4v) is 1.70. The summed E-state index contributed by atoms with van der Waals surface area (Å²) in [7, 11) is 0. The molecule has 0 aromatic carbocycles. The molecule has 24 heavy (non-hydrogen) atoms. The van der Waals surface area contributed by atoms with Crippen LogP contribution in [0.5, 0.6) is 0 Å². The molecule has 0 radical (unpaired) electrons. The van der Waals surface area contributed by atoms with E-state index in [4.69, 9.17) is 21.1 Å². The first-order valence-electron chi connectivity index (χ1n) is 6.98. The van der Waals surface area contributed by atoms with Crippen molar-refractivity contribution < 1.29 is 24.0 Å². The molecule has 0 fully saturated rings. The zero-order valence-corrected chi connectivity index (χ0v) is 14.3. The Morgan fingerprint density at radius 3 is 2.71 bits per heavy atom. The van der Waals surface area contributed by atoms with Gasteiger partial charge >= 0.3 is 12.0 Å². The van der Waals surface area contributed by atoms with Gasteiger partial charge in [-0.1, -0.05) is 4.98 Å². The minimum atomic E-state index is -1.01. The Balaban J connectivity index is 2.80. The van der Waals surface area contributed by atoms with Crippen LogP contribution in [0, 0.1) is 10.1 Å². The van der Waals surface area contributed by atoms with E-state index in [-0.39, 0.29) is 13.2 Å². The van der Waals surface area contributed by atoms with Gasteiger partial charge in [0.1, 0.15) is 24.8 Å². The number of aromatic nitrogens is 2. The van der Waals surface area contributed by atoms with Crippen molar-refractivity contribution in [2.24, 2.45) is 0 Å². The van der Waals surface area contributed by atoms with Crippen LogP contribution in [0.4, 0.5) is 10.7 Å². The molecule has 0 aliphatic carbocycles. The Kier molecular flexibility index (Phi) is 7.11. The number of imide groups is 1. The maximum Gasteiger partial charge on any atom is 0.434 e. The van der Waals surface area contributed by atoms with Crippen LogP contribution in [0.25, 0.3) is 0 Å². The third kappa shape index (κ3) is 6.92. The van der Waals surface area contributed by atoms with Gasteiger partial charge in [-0.15, -0.1) is 11.6 Å². The molecule has 0 bridgehead atoms. The molecule has 10 nitrogen and oxygen atoms in total. The number of ether oxygens (including phenoxy) is 2. The van der Waals surface area contributed by atoms with Gasteiger partial charge in [-0.3, -0.25) is 10.1 Å². The Hall–Kier alpha value is -2.20. The lowest BCUT2D eigenvalue weighted by Gasteiger charge is -2.24. The summed E-state index contributed by atoms with van der Waals surface area (Å²) in [6.07, 6.45) is 0.760. The number of nitrogens with one attached hydrogen (secondary N) is 1. The molecule has 0 saturated heterocycles. The van der Waals surface area contributed by atoms with Crippen molar-refractivity contribution >= 4 is 29.5 Å². The van der Waals surface area contributed by atoms with Crippen molar-refractivity contribution in [1.82, 2.24) is 14.9 Å². The first-order chi connectivity index (χ1) is 11.1. The average Bonchev–Trinajstić information content (AvgIpc) is 2.92. The van der Waals surface area contributed by atoms with Crippen molar-refractivity contribution in [2.75, 3.05) is 12.5 Å². The lowest BCUT2D eigenvalue weighted by molar-refractivity contribution is -0.397. The van der Waals surface area contributed by atoms with Crippen LogP contribution < -0.4 is 5.32 Å². The zero-order valence-electron chi connectivity index (χ0n) is 13.5. The SMILES string of the molecule is CC(C)(C)OC[C@H](Cn1ccnc1[N+](=O)[O-])OC(=O)NC(=O)CCl. The van der Waals surface area contributed by atoms with Gasteiger partial charge in [-0.2, -0.15) is 0 Å². The number of amides is 2. The Bertz CT molecular complexity index is 598. The number of carbonyl (C=O) groups is 2. The molecular formula is C13H19ClN4O6. The van der Waals surface area contributed by atoms with Gasteiger partial charge in [0.2, 0.25) is 5.91 Å². The highest BCUT2D eigenvalue weighted by Gasteiger charge is 2.24. The van der Waals surface area contributed by atoms with E-state index in [9.17, 15) is 19.7 Å². The van der Waals surface area contributed by atoms with Crippen molar-refractivity contribution in [2.45, 2.75) is 39.0 Å². The summed E-state index contributed by atoms with van der Waals surface area (Å²) >= 11 is 5.29. The number of hydrogen-bond donors (Lipinski definition) is 1. The molecule has 0 saturated carbocycles. The van der Waals surface area contributed by atoms with E-state index >= 15 is 0 Å². The minimum absolute atomic E-state index is 0.0265. The second-order valence-corrected chi connectivity index (χ2v) is 6.04. The molecule has 1 rings (SSSR count). The molecule has 0 aliphatic rings. The Morgan fingerprint density at radius 2 is 2.17 bits per heavy atom. The van der Waals surface area contributed by atoms with Crippen LogP contribution in [0.15, 0.2) is 12.4 Å². The molecule has 0 aliphatic heterocycles. The number of nitro groups is 1.